The van der Waals surface area contributed by atoms with Crippen molar-refractivity contribution in [1.29, 1.82) is 0 Å². The first-order valence-electron chi connectivity index (χ1n) is 8.64. The summed E-state index contributed by atoms with van der Waals surface area (Å²) in [5.74, 6) is 1.29. The Morgan fingerprint density at radius 3 is 2.34 bits per heavy atom. The molecule has 2 aromatic carbocycles. The highest BCUT2D eigenvalue weighted by molar-refractivity contribution is 7.92. The summed E-state index contributed by atoms with van der Waals surface area (Å²) in [5.41, 5.74) is 0.916. The molecule has 0 amide bonds. The first-order valence-corrected chi connectivity index (χ1v) is 10.5. The Morgan fingerprint density at radius 2 is 1.72 bits per heavy atom. The van der Waals surface area contributed by atoms with Crippen LogP contribution in [0.2, 0.25) is 0 Å². The topological polar surface area (TPSA) is 90.7 Å². The Bertz CT molecular complexity index is 1190. The maximum absolute atomic E-state index is 12.0. The Kier molecular flexibility index (Phi) is 5.60. The van der Waals surface area contributed by atoms with Crippen LogP contribution in [-0.4, -0.2) is 38.6 Å². The molecule has 0 atom stereocenters. The zero-order valence-electron chi connectivity index (χ0n) is 16.5. The summed E-state index contributed by atoms with van der Waals surface area (Å²) in [4.78, 5) is 12.0. The number of nitrogens with zero attached hydrogens (tertiary/aromatic N) is 3. The smallest absolute Gasteiger partial charge is 0.270 e. The quantitative estimate of drug-likeness (QED) is 0.615. The maximum atomic E-state index is 12.0. The van der Waals surface area contributed by atoms with Gasteiger partial charge in [0.2, 0.25) is 10.0 Å². The van der Waals surface area contributed by atoms with Gasteiger partial charge in [0.25, 0.3) is 5.56 Å². The van der Waals surface area contributed by atoms with E-state index in [9.17, 15) is 13.2 Å². The fourth-order valence-electron chi connectivity index (χ4n) is 2.66. The van der Waals surface area contributed by atoms with Gasteiger partial charge < -0.3 is 9.47 Å². The number of sulfonamides is 1. The zero-order chi connectivity index (χ0) is 21.2. The zero-order valence-corrected chi connectivity index (χ0v) is 17.3. The van der Waals surface area contributed by atoms with Crippen LogP contribution in [0.4, 0.5) is 5.69 Å². The molecular weight excluding hydrogens is 394 g/mol. The van der Waals surface area contributed by atoms with E-state index in [2.05, 4.69) is 5.10 Å². The van der Waals surface area contributed by atoms with E-state index in [1.165, 1.54) is 32.0 Å². The van der Waals surface area contributed by atoms with Crippen molar-refractivity contribution in [3.8, 4) is 28.5 Å². The van der Waals surface area contributed by atoms with Crippen LogP contribution < -0.4 is 19.3 Å². The molecule has 0 spiro atoms. The summed E-state index contributed by atoms with van der Waals surface area (Å²) < 4.78 is 37.6. The number of benzene rings is 2. The summed E-state index contributed by atoms with van der Waals surface area (Å²) in [6.07, 6.45) is 1.12. The van der Waals surface area contributed by atoms with Crippen molar-refractivity contribution in [3.63, 3.8) is 0 Å². The second kappa shape index (κ2) is 7.96. The molecule has 1 heterocycles. The molecule has 3 aromatic rings. The number of para-hydroxylation sites is 1. The monoisotopic (exact) mass is 415 g/mol. The van der Waals surface area contributed by atoms with Crippen LogP contribution in [0.3, 0.4) is 0 Å². The lowest BCUT2D eigenvalue weighted by Gasteiger charge is -2.20. The van der Waals surface area contributed by atoms with Gasteiger partial charge >= 0.3 is 0 Å². The molecule has 152 valence electrons. The van der Waals surface area contributed by atoms with Gasteiger partial charge in [-0.3, -0.25) is 9.10 Å². The predicted octanol–water partition coefficient (Wildman–Crippen LogP) is 2.64. The van der Waals surface area contributed by atoms with Gasteiger partial charge in [-0.1, -0.05) is 18.2 Å². The van der Waals surface area contributed by atoms with E-state index in [4.69, 9.17) is 9.47 Å². The van der Waals surface area contributed by atoms with Gasteiger partial charge in [0.15, 0.2) is 5.75 Å². The van der Waals surface area contributed by atoms with Crippen LogP contribution in [0.5, 0.6) is 17.2 Å². The highest BCUT2D eigenvalue weighted by Crippen LogP contribution is 2.39. The maximum Gasteiger partial charge on any atom is 0.270 e. The van der Waals surface area contributed by atoms with Gasteiger partial charge in [-0.05, 0) is 30.3 Å². The molecular formula is C20H21N3O5S. The number of hydrogen-bond acceptors (Lipinski definition) is 6. The second-order valence-corrected chi connectivity index (χ2v) is 8.36. The molecule has 0 aliphatic carbocycles. The third-order valence-corrected chi connectivity index (χ3v) is 5.53. The lowest BCUT2D eigenvalue weighted by Crippen LogP contribution is -2.24. The number of aromatic nitrogens is 2. The van der Waals surface area contributed by atoms with Crippen LogP contribution >= 0.6 is 0 Å². The number of ether oxygens (including phenoxy) is 2. The van der Waals surface area contributed by atoms with E-state index in [-0.39, 0.29) is 11.3 Å². The first-order chi connectivity index (χ1) is 13.7. The Balaban J connectivity index is 2.23. The molecule has 29 heavy (non-hydrogen) atoms. The van der Waals surface area contributed by atoms with Crippen LogP contribution in [0, 0.1) is 0 Å². The average molecular weight is 415 g/mol. The second-order valence-electron chi connectivity index (χ2n) is 6.35. The largest absolute Gasteiger partial charge is 0.494 e. The van der Waals surface area contributed by atoms with Crippen molar-refractivity contribution < 1.29 is 17.9 Å². The number of rotatable bonds is 6. The molecule has 9 heteroatoms. The Labute approximate surface area is 169 Å². The molecule has 0 unspecified atom stereocenters. The Morgan fingerprint density at radius 1 is 1.03 bits per heavy atom. The normalized spacial score (nSPS) is 11.2. The van der Waals surface area contributed by atoms with Gasteiger partial charge in [-0.25, -0.2) is 13.1 Å². The molecule has 0 aliphatic heterocycles. The van der Waals surface area contributed by atoms with Gasteiger partial charge in [0.05, 0.1) is 24.6 Å². The minimum absolute atomic E-state index is 0.255. The summed E-state index contributed by atoms with van der Waals surface area (Å²) in [6.45, 7) is 0. The molecule has 0 fully saturated rings. The first kappa shape index (κ1) is 20.4. The standard InChI is InChI=1S/C20H21N3O5S/c1-22-19(24)13-18(27-3)20(21-22)16-12-14(23(2)29(4,25)26)10-11-17(16)28-15-8-6-5-7-9-15/h5-13H,1-4H3. The highest BCUT2D eigenvalue weighted by Gasteiger charge is 2.20. The molecule has 0 aliphatic rings. The number of hydrogen-bond donors (Lipinski definition) is 0. The number of methoxy groups -OCH3 is 1. The third-order valence-electron chi connectivity index (χ3n) is 4.33. The predicted molar refractivity (Wildman–Crippen MR) is 111 cm³/mol. The minimum atomic E-state index is -3.47. The van der Waals surface area contributed by atoms with Crippen molar-refractivity contribution in [2.45, 2.75) is 0 Å². The fourth-order valence-corrected chi connectivity index (χ4v) is 3.16. The van der Waals surface area contributed by atoms with E-state index < -0.39 is 10.0 Å². The molecule has 0 bridgehead atoms. The summed E-state index contributed by atoms with van der Waals surface area (Å²) in [6, 6.07) is 15.4. The third kappa shape index (κ3) is 4.40. The van der Waals surface area contributed by atoms with Gasteiger partial charge in [-0.15, -0.1) is 0 Å². The molecule has 0 radical (unpaired) electrons. The van der Waals surface area contributed by atoms with Crippen LogP contribution in [0.25, 0.3) is 11.3 Å². The number of aryl methyl sites for hydroxylation is 1. The summed E-state index contributed by atoms with van der Waals surface area (Å²) in [5, 5.41) is 4.31. The van der Waals surface area contributed by atoms with E-state index >= 15 is 0 Å². The van der Waals surface area contributed by atoms with Crippen molar-refractivity contribution in [1.82, 2.24) is 9.78 Å². The molecule has 8 nitrogen and oxygen atoms in total. The van der Waals surface area contributed by atoms with Crippen molar-refractivity contribution in [2.75, 3.05) is 24.7 Å². The van der Waals surface area contributed by atoms with Crippen LogP contribution in [-0.2, 0) is 17.1 Å². The van der Waals surface area contributed by atoms with E-state index in [1.54, 1.807) is 30.3 Å². The summed E-state index contributed by atoms with van der Waals surface area (Å²) in [7, 11) is 0.942. The van der Waals surface area contributed by atoms with Crippen LogP contribution in [0.1, 0.15) is 0 Å². The highest BCUT2D eigenvalue weighted by atomic mass is 32.2. The molecule has 1 aromatic heterocycles. The average Bonchev–Trinajstić information content (AvgIpc) is 2.69. The molecule has 0 saturated carbocycles. The number of anilines is 1. The fraction of sp³-hybridized carbons (Fsp3) is 0.200. The lowest BCUT2D eigenvalue weighted by molar-refractivity contribution is 0.409. The van der Waals surface area contributed by atoms with Gasteiger partial charge in [0.1, 0.15) is 17.2 Å². The minimum Gasteiger partial charge on any atom is -0.494 e. The van der Waals surface area contributed by atoms with E-state index in [0.717, 1.165) is 10.6 Å². The van der Waals surface area contributed by atoms with Crippen molar-refractivity contribution in [2.24, 2.45) is 7.05 Å². The SMILES string of the molecule is COc1cc(=O)n(C)nc1-c1cc(N(C)S(C)(=O)=O)ccc1Oc1ccccc1. The van der Waals surface area contributed by atoms with Gasteiger partial charge in [-0.2, -0.15) is 5.10 Å². The van der Waals surface area contributed by atoms with Crippen LogP contribution in [0.15, 0.2) is 59.4 Å². The van der Waals surface area contributed by atoms with Crippen molar-refractivity contribution in [3.05, 3.63) is 65.0 Å². The summed E-state index contributed by atoms with van der Waals surface area (Å²) >= 11 is 0. The molecule has 0 N–H and O–H groups in total. The van der Waals surface area contributed by atoms with E-state index in [1.807, 2.05) is 18.2 Å². The molecule has 0 saturated heterocycles. The van der Waals surface area contributed by atoms with E-state index in [0.29, 0.717) is 28.4 Å². The van der Waals surface area contributed by atoms with Crippen molar-refractivity contribution >= 4 is 15.7 Å². The lowest BCUT2D eigenvalue weighted by atomic mass is 10.1. The Hall–Kier alpha value is -3.33. The van der Waals surface area contributed by atoms with Gasteiger partial charge in [0, 0.05) is 20.2 Å². The molecule has 3 rings (SSSR count).